The third-order valence-corrected chi connectivity index (χ3v) is 5.78. The molecule has 0 spiro atoms. The molecule has 0 aliphatic carbocycles. The second kappa shape index (κ2) is 10.0. The molecule has 0 N–H and O–H groups in total. The minimum absolute atomic E-state index is 0.0296. The summed E-state index contributed by atoms with van der Waals surface area (Å²) in [6.45, 7) is 1.53. The van der Waals surface area contributed by atoms with E-state index < -0.39 is 11.7 Å². The second-order valence-corrected chi connectivity index (χ2v) is 8.29. The predicted molar refractivity (Wildman–Crippen MR) is 122 cm³/mol. The first-order valence-electron chi connectivity index (χ1n) is 11.2. The molecule has 4 heterocycles. The molecule has 0 unspecified atom stereocenters. The van der Waals surface area contributed by atoms with Gasteiger partial charge < -0.3 is 18.9 Å². The van der Waals surface area contributed by atoms with Crippen LogP contribution in [0.4, 0.5) is 13.2 Å². The van der Waals surface area contributed by atoms with Crippen molar-refractivity contribution in [3.63, 3.8) is 0 Å². The Hall–Kier alpha value is -4.26. The van der Waals surface area contributed by atoms with E-state index >= 15 is 0 Å². The zero-order valence-corrected chi connectivity index (χ0v) is 19.6. The molecule has 13 heteroatoms. The minimum Gasteiger partial charge on any atom is -0.471 e. The average Bonchev–Trinajstić information content (AvgIpc) is 3.51. The lowest BCUT2D eigenvalue weighted by Crippen LogP contribution is -2.40. The number of morpholine rings is 1. The summed E-state index contributed by atoms with van der Waals surface area (Å²) in [5.74, 6) is 0.527. The molecule has 3 aromatic heterocycles. The number of aromatic nitrogens is 5. The first-order chi connectivity index (χ1) is 17.8. The number of pyridine rings is 1. The molecule has 0 atom stereocenters. The van der Waals surface area contributed by atoms with Crippen LogP contribution < -0.4 is 4.74 Å². The Labute approximate surface area is 208 Å². The van der Waals surface area contributed by atoms with Crippen LogP contribution in [-0.4, -0.2) is 55.5 Å². The van der Waals surface area contributed by atoms with Gasteiger partial charge in [0.2, 0.25) is 17.6 Å². The molecule has 192 valence electrons. The zero-order chi connectivity index (χ0) is 26.0. The molecule has 0 bridgehead atoms. The van der Waals surface area contributed by atoms with Crippen LogP contribution in [0.25, 0.3) is 22.8 Å². The zero-order valence-electron chi connectivity index (χ0n) is 19.6. The van der Waals surface area contributed by atoms with Gasteiger partial charge in [0.05, 0.1) is 29.6 Å². The fourth-order valence-corrected chi connectivity index (χ4v) is 3.79. The maximum atomic E-state index is 12.8. The fraction of sp³-hybridized carbons (Fsp3) is 0.292. The monoisotopic (exact) mass is 514 g/mol. The van der Waals surface area contributed by atoms with E-state index in [0.29, 0.717) is 48.5 Å². The van der Waals surface area contributed by atoms with E-state index in [1.165, 1.54) is 6.20 Å². The standard InChI is InChI=1S/C24H21F3N6O4/c1-32-19(13-36-20-6-5-17(10-28-20)24(25,26)27)18(11-29-32)23-30-22(31-37-23)16-4-2-3-15(9-16)12-33-7-8-35-14-21(33)34/h2-6,9-11H,7-8,12-14H2,1H3. The number of rotatable bonds is 7. The number of carbonyl (C=O) groups excluding carboxylic acids is 1. The van der Waals surface area contributed by atoms with Crippen LogP contribution in [0.1, 0.15) is 16.8 Å². The number of amides is 1. The lowest BCUT2D eigenvalue weighted by atomic mass is 10.1. The van der Waals surface area contributed by atoms with E-state index in [1.54, 1.807) is 16.6 Å². The first kappa shape index (κ1) is 24.4. The Kier molecular flexibility index (Phi) is 6.61. The smallest absolute Gasteiger partial charge is 0.417 e. The Balaban J connectivity index is 1.31. The van der Waals surface area contributed by atoms with Crippen molar-refractivity contribution in [1.29, 1.82) is 0 Å². The van der Waals surface area contributed by atoms with Crippen molar-refractivity contribution >= 4 is 5.91 Å². The summed E-state index contributed by atoms with van der Waals surface area (Å²) >= 11 is 0. The largest absolute Gasteiger partial charge is 0.471 e. The normalized spacial score (nSPS) is 14.3. The van der Waals surface area contributed by atoms with Crippen LogP contribution in [0.15, 0.2) is 53.3 Å². The van der Waals surface area contributed by atoms with Crippen molar-refractivity contribution in [3.05, 3.63) is 65.6 Å². The van der Waals surface area contributed by atoms with Crippen molar-refractivity contribution in [1.82, 2.24) is 29.8 Å². The third-order valence-electron chi connectivity index (χ3n) is 5.78. The van der Waals surface area contributed by atoms with Crippen LogP contribution >= 0.6 is 0 Å². The number of benzene rings is 1. The van der Waals surface area contributed by atoms with Crippen molar-refractivity contribution in [3.8, 4) is 28.7 Å². The van der Waals surface area contributed by atoms with Crippen molar-refractivity contribution in [2.24, 2.45) is 7.05 Å². The second-order valence-electron chi connectivity index (χ2n) is 8.29. The van der Waals surface area contributed by atoms with Crippen LogP contribution in [0, 0.1) is 0 Å². The molecular weight excluding hydrogens is 493 g/mol. The van der Waals surface area contributed by atoms with E-state index in [0.717, 1.165) is 17.7 Å². The van der Waals surface area contributed by atoms with Crippen molar-refractivity contribution in [2.75, 3.05) is 19.8 Å². The summed E-state index contributed by atoms with van der Waals surface area (Å²) in [7, 11) is 1.69. The maximum Gasteiger partial charge on any atom is 0.417 e. The highest BCUT2D eigenvalue weighted by molar-refractivity contribution is 5.78. The average molecular weight is 514 g/mol. The molecule has 1 fully saturated rings. The van der Waals surface area contributed by atoms with Gasteiger partial charge in [-0.1, -0.05) is 23.4 Å². The summed E-state index contributed by atoms with van der Waals surface area (Å²) in [5, 5.41) is 8.30. The minimum atomic E-state index is -4.48. The number of ether oxygens (including phenoxy) is 2. The molecule has 1 aromatic carbocycles. The summed E-state index contributed by atoms with van der Waals surface area (Å²) in [6.07, 6.45) is -2.22. The van der Waals surface area contributed by atoms with Gasteiger partial charge in [-0.05, 0) is 17.7 Å². The summed E-state index contributed by atoms with van der Waals surface area (Å²) < 4.78 is 56.0. The van der Waals surface area contributed by atoms with E-state index in [4.69, 9.17) is 14.0 Å². The molecular formula is C24H21F3N6O4. The van der Waals surface area contributed by atoms with Crippen LogP contribution in [0.3, 0.4) is 0 Å². The molecule has 0 radical (unpaired) electrons. The van der Waals surface area contributed by atoms with Gasteiger partial charge >= 0.3 is 6.18 Å². The molecule has 10 nitrogen and oxygen atoms in total. The number of nitrogens with zero attached hydrogens (tertiary/aromatic N) is 6. The van der Waals surface area contributed by atoms with Gasteiger partial charge in [0.15, 0.2) is 0 Å². The summed E-state index contributed by atoms with van der Waals surface area (Å²) in [5.41, 5.74) is 1.85. The Morgan fingerprint density at radius 2 is 2.03 bits per heavy atom. The van der Waals surface area contributed by atoms with Gasteiger partial charge in [-0.15, -0.1) is 0 Å². The fourth-order valence-electron chi connectivity index (χ4n) is 3.79. The summed E-state index contributed by atoms with van der Waals surface area (Å²) in [4.78, 5) is 22.0. The van der Waals surface area contributed by atoms with Crippen LogP contribution in [-0.2, 0) is 35.9 Å². The number of hydrogen-bond donors (Lipinski definition) is 0. The van der Waals surface area contributed by atoms with E-state index in [9.17, 15) is 18.0 Å². The molecule has 1 saturated heterocycles. The van der Waals surface area contributed by atoms with Gasteiger partial charge in [-0.3, -0.25) is 9.48 Å². The molecule has 0 saturated carbocycles. The summed E-state index contributed by atoms with van der Waals surface area (Å²) in [6, 6.07) is 9.55. The SMILES string of the molecule is Cn1ncc(-c2nc(-c3cccc(CN4CCOCC4=O)c3)no2)c1COc1ccc(C(F)(F)F)cn1. The highest BCUT2D eigenvalue weighted by atomic mass is 19.4. The Morgan fingerprint density at radius 3 is 2.78 bits per heavy atom. The molecule has 4 aromatic rings. The lowest BCUT2D eigenvalue weighted by molar-refractivity contribution is -0.143. The van der Waals surface area contributed by atoms with Crippen molar-refractivity contribution < 1.29 is 32.0 Å². The number of aryl methyl sites for hydroxylation is 1. The van der Waals surface area contributed by atoms with Gasteiger partial charge in [-0.25, -0.2) is 4.98 Å². The quantitative estimate of drug-likeness (QED) is 0.369. The third kappa shape index (κ3) is 5.45. The Bertz CT molecular complexity index is 1400. The maximum absolute atomic E-state index is 12.8. The topological polar surface area (TPSA) is 108 Å². The van der Waals surface area contributed by atoms with Crippen molar-refractivity contribution in [2.45, 2.75) is 19.3 Å². The highest BCUT2D eigenvalue weighted by Gasteiger charge is 2.30. The molecule has 1 amide bonds. The lowest BCUT2D eigenvalue weighted by Gasteiger charge is -2.26. The molecule has 1 aliphatic rings. The molecule has 5 rings (SSSR count). The van der Waals surface area contributed by atoms with Crippen LogP contribution in [0.2, 0.25) is 0 Å². The number of hydrogen-bond acceptors (Lipinski definition) is 8. The number of alkyl halides is 3. The Morgan fingerprint density at radius 1 is 1.16 bits per heavy atom. The predicted octanol–water partition coefficient (Wildman–Crippen LogP) is 3.49. The first-order valence-corrected chi connectivity index (χ1v) is 11.2. The highest BCUT2D eigenvalue weighted by Crippen LogP contribution is 2.30. The molecule has 1 aliphatic heterocycles. The van der Waals surface area contributed by atoms with Gasteiger partial charge in [0.25, 0.3) is 5.89 Å². The van der Waals surface area contributed by atoms with Gasteiger partial charge in [-0.2, -0.15) is 23.3 Å². The molecule has 37 heavy (non-hydrogen) atoms. The van der Waals surface area contributed by atoms with Gasteiger partial charge in [0.1, 0.15) is 13.2 Å². The van der Waals surface area contributed by atoms with E-state index in [1.807, 2.05) is 24.3 Å². The number of carbonyl (C=O) groups is 1. The number of halogens is 3. The van der Waals surface area contributed by atoms with Gasteiger partial charge in [0, 0.05) is 38.0 Å². The van der Waals surface area contributed by atoms with E-state index in [-0.39, 0.29) is 30.9 Å². The van der Waals surface area contributed by atoms with Crippen LogP contribution in [0.5, 0.6) is 5.88 Å². The van der Waals surface area contributed by atoms with E-state index in [2.05, 4.69) is 20.2 Å².